The van der Waals surface area contributed by atoms with Crippen molar-refractivity contribution in [1.29, 1.82) is 0 Å². The minimum Gasteiger partial charge on any atom is -0.383 e. The average molecular weight is 350 g/mol. The minimum atomic E-state index is -0.254. The number of rotatable bonds is 2. The molecule has 3 aromatic heterocycles. The van der Waals surface area contributed by atoms with Crippen molar-refractivity contribution in [3.8, 4) is 0 Å². The molecule has 0 spiro atoms. The molecule has 124 valence electrons. The number of hydrogen-bond donors (Lipinski definition) is 3. The van der Waals surface area contributed by atoms with E-state index in [1.165, 1.54) is 17.7 Å². The monoisotopic (exact) mass is 350 g/mol. The van der Waals surface area contributed by atoms with E-state index in [1.807, 2.05) is 25.1 Å². The zero-order chi connectivity index (χ0) is 17.6. The Bertz CT molecular complexity index is 1140. The maximum Gasteiger partial charge on any atom is 0.258 e. The van der Waals surface area contributed by atoms with Crippen molar-refractivity contribution in [1.82, 2.24) is 15.0 Å². The molecule has 0 radical (unpaired) electrons. The van der Waals surface area contributed by atoms with Crippen LogP contribution in [0, 0.1) is 6.92 Å². The van der Waals surface area contributed by atoms with Crippen LogP contribution in [0.4, 0.5) is 17.3 Å². The van der Waals surface area contributed by atoms with Crippen LogP contribution < -0.4 is 16.8 Å². The summed E-state index contributed by atoms with van der Waals surface area (Å²) < 4.78 is 0.704. The Morgan fingerprint density at radius 2 is 1.92 bits per heavy atom. The number of fused-ring (bicyclic) bond motifs is 2. The molecule has 0 fully saturated rings. The van der Waals surface area contributed by atoms with E-state index in [1.54, 1.807) is 11.6 Å². The third kappa shape index (κ3) is 2.43. The Kier molecular flexibility index (Phi) is 3.47. The van der Waals surface area contributed by atoms with Crippen molar-refractivity contribution in [2.75, 3.05) is 16.8 Å². The summed E-state index contributed by atoms with van der Waals surface area (Å²) in [6.07, 6.45) is 2.98. The number of carbonyl (C=O) groups excluding carboxylic acids is 1. The molecule has 0 saturated heterocycles. The van der Waals surface area contributed by atoms with Gasteiger partial charge in [-0.1, -0.05) is 12.1 Å². The maximum atomic E-state index is 12.8. The molecule has 4 aromatic rings. The first-order valence-corrected chi connectivity index (χ1v) is 8.37. The van der Waals surface area contributed by atoms with Crippen molar-refractivity contribution in [3.63, 3.8) is 0 Å². The molecule has 4 rings (SSSR count). The molecule has 0 aliphatic heterocycles. The first kappa shape index (κ1) is 15.3. The average Bonchev–Trinajstić information content (AvgIpc) is 3.03. The molecule has 0 aliphatic rings. The van der Waals surface area contributed by atoms with Crippen LogP contribution in [0.3, 0.4) is 0 Å². The summed E-state index contributed by atoms with van der Waals surface area (Å²) in [5.41, 5.74) is 14.4. The van der Waals surface area contributed by atoms with Crippen molar-refractivity contribution in [2.45, 2.75) is 6.92 Å². The summed E-state index contributed by atoms with van der Waals surface area (Å²) in [4.78, 5) is 25.1. The largest absolute Gasteiger partial charge is 0.383 e. The van der Waals surface area contributed by atoms with Gasteiger partial charge in [-0.2, -0.15) is 0 Å². The molecule has 0 bridgehead atoms. The van der Waals surface area contributed by atoms with Crippen LogP contribution in [-0.2, 0) is 0 Å². The highest BCUT2D eigenvalue weighted by molar-refractivity contribution is 7.18. The highest BCUT2D eigenvalue weighted by atomic mass is 32.1. The summed E-state index contributed by atoms with van der Waals surface area (Å²) in [5, 5.41) is 6.35. The number of nitrogens with two attached hydrogens (primary N) is 2. The lowest BCUT2D eigenvalue weighted by Gasteiger charge is -2.12. The summed E-state index contributed by atoms with van der Waals surface area (Å²) in [6.45, 7) is 1.93. The van der Waals surface area contributed by atoms with Crippen LogP contribution in [0.5, 0.6) is 0 Å². The third-order valence-corrected chi connectivity index (χ3v) is 5.04. The van der Waals surface area contributed by atoms with Gasteiger partial charge in [-0.25, -0.2) is 15.0 Å². The number of benzene rings is 1. The number of nitrogens with zero attached hydrogens (tertiary/aromatic N) is 3. The number of nitrogens with one attached hydrogen (secondary N) is 1. The second kappa shape index (κ2) is 5.67. The van der Waals surface area contributed by atoms with Gasteiger partial charge in [-0.05, 0) is 18.6 Å². The van der Waals surface area contributed by atoms with Crippen molar-refractivity contribution < 1.29 is 4.79 Å². The van der Waals surface area contributed by atoms with E-state index in [0.29, 0.717) is 33.1 Å². The highest BCUT2D eigenvalue weighted by Gasteiger charge is 2.17. The van der Waals surface area contributed by atoms with E-state index in [4.69, 9.17) is 11.5 Å². The van der Waals surface area contributed by atoms with Crippen LogP contribution >= 0.6 is 11.3 Å². The van der Waals surface area contributed by atoms with Crippen LogP contribution in [0.2, 0.25) is 0 Å². The fourth-order valence-electron chi connectivity index (χ4n) is 2.76. The quantitative estimate of drug-likeness (QED) is 0.511. The van der Waals surface area contributed by atoms with Gasteiger partial charge in [0.25, 0.3) is 5.91 Å². The minimum absolute atomic E-state index is 0.254. The normalized spacial score (nSPS) is 11.1. The molecule has 25 heavy (non-hydrogen) atoms. The van der Waals surface area contributed by atoms with Crippen molar-refractivity contribution >= 4 is 55.6 Å². The number of carbonyl (C=O) groups is 1. The van der Waals surface area contributed by atoms with Gasteiger partial charge in [0, 0.05) is 22.3 Å². The topological polar surface area (TPSA) is 120 Å². The summed E-state index contributed by atoms with van der Waals surface area (Å²) in [5.74, 6) is 0.541. The molecule has 1 aromatic carbocycles. The molecular weight excluding hydrogens is 336 g/mol. The Labute approximate surface area is 146 Å². The summed E-state index contributed by atoms with van der Waals surface area (Å²) in [7, 11) is 0. The van der Waals surface area contributed by atoms with E-state index in [2.05, 4.69) is 20.3 Å². The molecule has 5 N–H and O–H groups in total. The predicted octanol–water partition coefficient (Wildman–Crippen LogP) is 2.96. The molecule has 8 heteroatoms. The summed E-state index contributed by atoms with van der Waals surface area (Å²) >= 11 is 1.35. The summed E-state index contributed by atoms with van der Waals surface area (Å²) in [6, 6.07) is 5.64. The molecular formula is C17H14N6OS. The standard InChI is InChI=1S/C17H14N6OS/c1-8-2-3-10-9(4-5-20-15(10)18)12(8)23-17(24)11-6-25-14-13(11)21-7-22-16(14)19/h2-7H,1H3,(H2,18,20)(H,23,24)(H2,19,21,22). The van der Waals surface area contributed by atoms with Crippen LogP contribution in [0.1, 0.15) is 15.9 Å². The Morgan fingerprint density at radius 3 is 2.76 bits per heavy atom. The number of anilines is 3. The van der Waals surface area contributed by atoms with E-state index < -0.39 is 0 Å². The van der Waals surface area contributed by atoms with Gasteiger partial charge in [0.2, 0.25) is 0 Å². The number of nitrogen functional groups attached to an aromatic ring is 2. The van der Waals surface area contributed by atoms with Gasteiger partial charge >= 0.3 is 0 Å². The number of hydrogen-bond acceptors (Lipinski definition) is 7. The van der Waals surface area contributed by atoms with Gasteiger partial charge in [0.1, 0.15) is 18.0 Å². The van der Waals surface area contributed by atoms with Crippen LogP contribution in [-0.4, -0.2) is 20.9 Å². The van der Waals surface area contributed by atoms with Gasteiger partial charge in [0.05, 0.1) is 21.5 Å². The van der Waals surface area contributed by atoms with E-state index in [0.717, 1.165) is 16.3 Å². The highest BCUT2D eigenvalue weighted by Crippen LogP contribution is 2.32. The molecule has 0 saturated carbocycles. The number of thiophene rings is 1. The Hall–Kier alpha value is -3.26. The zero-order valence-electron chi connectivity index (χ0n) is 13.3. The first-order valence-electron chi connectivity index (χ1n) is 7.49. The first-order chi connectivity index (χ1) is 12.1. The maximum absolute atomic E-state index is 12.8. The fourth-order valence-corrected chi connectivity index (χ4v) is 3.67. The van der Waals surface area contributed by atoms with Gasteiger partial charge in [-0.15, -0.1) is 11.3 Å². The lowest BCUT2D eigenvalue weighted by molar-refractivity contribution is 0.102. The van der Waals surface area contributed by atoms with Crippen LogP contribution in [0.15, 0.2) is 36.1 Å². The van der Waals surface area contributed by atoms with Gasteiger partial charge in [0.15, 0.2) is 0 Å². The van der Waals surface area contributed by atoms with E-state index in [-0.39, 0.29) is 5.91 Å². The van der Waals surface area contributed by atoms with E-state index in [9.17, 15) is 4.79 Å². The predicted molar refractivity (Wildman–Crippen MR) is 101 cm³/mol. The number of amides is 1. The molecule has 0 unspecified atom stereocenters. The van der Waals surface area contributed by atoms with E-state index >= 15 is 0 Å². The number of pyridine rings is 1. The molecule has 1 amide bonds. The second-order valence-electron chi connectivity index (χ2n) is 5.59. The second-order valence-corrected chi connectivity index (χ2v) is 6.47. The molecule has 0 aliphatic carbocycles. The zero-order valence-corrected chi connectivity index (χ0v) is 14.1. The Balaban J connectivity index is 1.81. The molecule has 0 atom stereocenters. The van der Waals surface area contributed by atoms with Crippen molar-refractivity contribution in [2.24, 2.45) is 0 Å². The SMILES string of the molecule is Cc1ccc2c(N)nccc2c1NC(=O)c1csc2c(N)ncnc12. The van der Waals surface area contributed by atoms with Gasteiger partial charge in [-0.3, -0.25) is 4.79 Å². The Morgan fingerprint density at radius 1 is 1.08 bits per heavy atom. The van der Waals surface area contributed by atoms with Gasteiger partial charge < -0.3 is 16.8 Å². The number of aryl methyl sites for hydroxylation is 1. The van der Waals surface area contributed by atoms with Crippen LogP contribution in [0.25, 0.3) is 21.0 Å². The molecule has 3 heterocycles. The fraction of sp³-hybridized carbons (Fsp3) is 0.0588. The van der Waals surface area contributed by atoms with Crippen molar-refractivity contribution in [3.05, 3.63) is 47.2 Å². The third-order valence-electron chi connectivity index (χ3n) is 4.05. The smallest absolute Gasteiger partial charge is 0.258 e. The lowest BCUT2D eigenvalue weighted by Crippen LogP contribution is -2.13. The molecule has 7 nitrogen and oxygen atoms in total. The number of aromatic nitrogens is 3. The lowest BCUT2D eigenvalue weighted by atomic mass is 10.1.